The van der Waals surface area contributed by atoms with Crippen LogP contribution in [0.25, 0.3) is 0 Å². The van der Waals surface area contributed by atoms with Crippen molar-refractivity contribution in [3.8, 4) is 0 Å². The van der Waals surface area contributed by atoms with Crippen LogP contribution in [0, 0.1) is 0 Å². The predicted octanol–water partition coefficient (Wildman–Crippen LogP) is 3.90. The van der Waals surface area contributed by atoms with E-state index in [1.54, 1.807) is 0 Å². The van der Waals surface area contributed by atoms with Crippen molar-refractivity contribution in [1.82, 2.24) is 4.90 Å². The summed E-state index contributed by atoms with van der Waals surface area (Å²) in [5.74, 6) is 0.233. The average Bonchev–Trinajstić information content (AvgIpc) is 2.39. The number of ketones is 1. The number of Topliss-reactive ketones (excluding diaryl/α,β-unsaturated/α-hetero) is 1. The Kier molecular flexibility index (Phi) is 4.95. The van der Waals surface area contributed by atoms with Crippen LogP contribution in [0.4, 0.5) is 0 Å². The molecule has 0 aromatic heterocycles. The number of likely N-dealkylation sites (tertiary alicyclic amines) is 1. The fraction of sp³-hybridized carbons (Fsp3) is 0.533. The molecule has 2 rings (SSSR count). The van der Waals surface area contributed by atoms with E-state index in [0.717, 1.165) is 23.0 Å². The molecule has 98 valence electrons. The molecule has 0 aliphatic carbocycles. The quantitative estimate of drug-likeness (QED) is 0.786. The smallest absolute Gasteiger partial charge is 0.176 e. The molecule has 0 amide bonds. The highest BCUT2D eigenvalue weighted by atomic mass is 79.9. The van der Waals surface area contributed by atoms with Crippen molar-refractivity contribution in [2.45, 2.75) is 38.6 Å². The minimum atomic E-state index is 0.233. The van der Waals surface area contributed by atoms with Crippen molar-refractivity contribution in [3.05, 3.63) is 34.3 Å². The SMILES string of the molecule is CC[C@H]1CCCCN1CC(=O)c1cccc(Br)c1. The maximum Gasteiger partial charge on any atom is 0.176 e. The van der Waals surface area contributed by atoms with Crippen LogP contribution >= 0.6 is 15.9 Å². The van der Waals surface area contributed by atoms with Crippen LogP contribution in [0.1, 0.15) is 43.0 Å². The van der Waals surface area contributed by atoms with Crippen LogP contribution in [-0.4, -0.2) is 29.8 Å². The Labute approximate surface area is 117 Å². The molecule has 1 aliphatic heterocycles. The number of hydrogen-bond acceptors (Lipinski definition) is 2. The minimum absolute atomic E-state index is 0.233. The van der Waals surface area contributed by atoms with E-state index in [1.165, 1.54) is 19.3 Å². The van der Waals surface area contributed by atoms with E-state index in [9.17, 15) is 4.79 Å². The van der Waals surface area contributed by atoms with Gasteiger partial charge in [0.15, 0.2) is 5.78 Å². The molecule has 1 aliphatic rings. The second-order valence-electron chi connectivity index (χ2n) is 4.96. The van der Waals surface area contributed by atoms with Crippen LogP contribution < -0.4 is 0 Å². The van der Waals surface area contributed by atoms with Crippen LogP contribution in [0.2, 0.25) is 0 Å². The summed E-state index contributed by atoms with van der Waals surface area (Å²) in [6, 6.07) is 8.28. The van der Waals surface area contributed by atoms with Crippen molar-refractivity contribution >= 4 is 21.7 Å². The maximum absolute atomic E-state index is 12.3. The van der Waals surface area contributed by atoms with E-state index in [2.05, 4.69) is 27.8 Å². The number of carbonyl (C=O) groups excluding carboxylic acids is 1. The molecule has 0 unspecified atom stereocenters. The van der Waals surface area contributed by atoms with Gasteiger partial charge >= 0.3 is 0 Å². The summed E-state index contributed by atoms with van der Waals surface area (Å²) in [6.45, 7) is 3.85. The predicted molar refractivity (Wildman–Crippen MR) is 78.0 cm³/mol. The summed E-state index contributed by atoms with van der Waals surface area (Å²) in [7, 11) is 0. The average molecular weight is 310 g/mol. The first-order valence-corrected chi connectivity index (χ1v) is 7.53. The fourth-order valence-corrected chi connectivity index (χ4v) is 3.07. The first kappa shape index (κ1) is 13.8. The zero-order chi connectivity index (χ0) is 13.0. The molecule has 1 heterocycles. The molecular weight excluding hydrogens is 290 g/mol. The van der Waals surface area contributed by atoms with Crippen LogP contribution in [0.5, 0.6) is 0 Å². The molecule has 3 heteroatoms. The molecule has 1 fully saturated rings. The summed E-state index contributed by atoms with van der Waals surface area (Å²) in [4.78, 5) is 14.6. The van der Waals surface area contributed by atoms with Gasteiger partial charge in [0.25, 0.3) is 0 Å². The van der Waals surface area contributed by atoms with Gasteiger partial charge in [0.05, 0.1) is 6.54 Å². The van der Waals surface area contributed by atoms with E-state index in [4.69, 9.17) is 0 Å². The van der Waals surface area contributed by atoms with Crippen LogP contribution in [0.15, 0.2) is 28.7 Å². The molecule has 0 bridgehead atoms. The molecule has 1 aromatic carbocycles. The molecule has 1 atom stereocenters. The summed E-state index contributed by atoms with van der Waals surface area (Å²) in [5, 5.41) is 0. The Morgan fingerprint density at radius 3 is 3.00 bits per heavy atom. The van der Waals surface area contributed by atoms with Crippen molar-refractivity contribution in [3.63, 3.8) is 0 Å². The lowest BCUT2D eigenvalue weighted by Crippen LogP contribution is -2.42. The van der Waals surface area contributed by atoms with Gasteiger partial charge in [-0.2, -0.15) is 0 Å². The third kappa shape index (κ3) is 3.42. The highest BCUT2D eigenvalue weighted by Crippen LogP contribution is 2.20. The second-order valence-corrected chi connectivity index (χ2v) is 5.88. The van der Waals surface area contributed by atoms with Gasteiger partial charge < -0.3 is 0 Å². The summed E-state index contributed by atoms with van der Waals surface area (Å²) in [6.07, 6.45) is 4.91. The highest BCUT2D eigenvalue weighted by Gasteiger charge is 2.23. The largest absolute Gasteiger partial charge is 0.293 e. The van der Waals surface area contributed by atoms with Crippen molar-refractivity contribution in [2.75, 3.05) is 13.1 Å². The second kappa shape index (κ2) is 6.48. The summed E-state index contributed by atoms with van der Waals surface area (Å²) < 4.78 is 0.971. The van der Waals surface area contributed by atoms with Gasteiger partial charge in [-0.25, -0.2) is 0 Å². The van der Waals surface area contributed by atoms with E-state index in [-0.39, 0.29) is 5.78 Å². The maximum atomic E-state index is 12.3. The molecule has 1 saturated heterocycles. The van der Waals surface area contributed by atoms with Gasteiger partial charge in [-0.05, 0) is 37.9 Å². The third-order valence-corrected chi connectivity index (χ3v) is 4.21. The van der Waals surface area contributed by atoms with Gasteiger partial charge in [-0.15, -0.1) is 0 Å². The zero-order valence-corrected chi connectivity index (χ0v) is 12.4. The lowest BCUT2D eigenvalue weighted by atomic mass is 9.99. The summed E-state index contributed by atoms with van der Waals surface area (Å²) >= 11 is 3.42. The zero-order valence-electron chi connectivity index (χ0n) is 10.9. The Morgan fingerprint density at radius 2 is 2.28 bits per heavy atom. The fourth-order valence-electron chi connectivity index (χ4n) is 2.67. The topological polar surface area (TPSA) is 20.3 Å². The molecular formula is C15H20BrNO. The Hall–Kier alpha value is -0.670. The lowest BCUT2D eigenvalue weighted by Gasteiger charge is -2.34. The Balaban J connectivity index is 2.02. The molecule has 1 aromatic rings. The normalized spacial score (nSPS) is 20.9. The van der Waals surface area contributed by atoms with Gasteiger partial charge in [-0.3, -0.25) is 9.69 Å². The van der Waals surface area contributed by atoms with E-state index < -0.39 is 0 Å². The summed E-state index contributed by atoms with van der Waals surface area (Å²) in [5.41, 5.74) is 0.810. The molecule has 18 heavy (non-hydrogen) atoms. The number of piperidine rings is 1. The molecule has 0 spiro atoms. The van der Waals surface area contributed by atoms with Gasteiger partial charge in [0.2, 0.25) is 0 Å². The Morgan fingerprint density at radius 1 is 1.44 bits per heavy atom. The van der Waals surface area contributed by atoms with E-state index in [1.807, 2.05) is 24.3 Å². The Bertz CT molecular complexity index is 419. The van der Waals surface area contributed by atoms with Crippen molar-refractivity contribution in [1.29, 1.82) is 0 Å². The number of carbonyl (C=O) groups is 1. The first-order valence-electron chi connectivity index (χ1n) is 6.73. The molecule has 2 nitrogen and oxygen atoms in total. The standard InChI is InChI=1S/C15H20BrNO/c1-2-14-8-3-4-9-17(14)11-15(18)12-6-5-7-13(16)10-12/h5-7,10,14H,2-4,8-9,11H2,1H3/t14-/m0/s1. The monoisotopic (exact) mass is 309 g/mol. The molecule has 0 saturated carbocycles. The van der Waals surface area contributed by atoms with Crippen molar-refractivity contribution in [2.24, 2.45) is 0 Å². The number of benzene rings is 1. The van der Waals surface area contributed by atoms with Crippen LogP contribution in [-0.2, 0) is 0 Å². The third-order valence-electron chi connectivity index (χ3n) is 3.71. The van der Waals surface area contributed by atoms with Gasteiger partial charge in [-0.1, -0.05) is 41.4 Å². The van der Waals surface area contributed by atoms with Crippen molar-refractivity contribution < 1.29 is 4.79 Å². The lowest BCUT2D eigenvalue weighted by molar-refractivity contribution is 0.0838. The molecule has 0 N–H and O–H groups in total. The van der Waals surface area contributed by atoms with Gasteiger partial charge in [0.1, 0.15) is 0 Å². The van der Waals surface area contributed by atoms with Gasteiger partial charge in [0, 0.05) is 16.1 Å². The number of rotatable bonds is 4. The highest BCUT2D eigenvalue weighted by molar-refractivity contribution is 9.10. The number of halogens is 1. The van der Waals surface area contributed by atoms with E-state index >= 15 is 0 Å². The minimum Gasteiger partial charge on any atom is -0.293 e. The van der Waals surface area contributed by atoms with Crippen LogP contribution in [0.3, 0.4) is 0 Å². The van der Waals surface area contributed by atoms with E-state index in [0.29, 0.717) is 12.6 Å². The first-order chi connectivity index (χ1) is 8.70. The number of hydrogen-bond donors (Lipinski definition) is 0. The number of nitrogens with zero attached hydrogens (tertiary/aromatic N) is 1. The molecule has 0 radical (unpaired) electrons.